The maximum Gasteiger partial charge on any atom is 0.343 e. The fraction of sp³-hybridized carbons (Fsp3) is 1.00. The molecule has 0 aromatic heterocycles. The molecule has 0 radical (unpaired) electrons. The van der Waals surface area contributed by atoms with Gasteiger partial charge in [0.1, 0.15) is 0 Å². The number of rotatable bonds is 0. The van der Waals surface area contributed by atoms with Crippen molar-refractivity contribution < 1.29 is 14.0 Å². The largest absolute Gasteiger partial charge is 0.411 e. The first-order chi connectivity index (χ1) is 5.16. The maximum atomic E-state index is 9.77. The van der Waals surface area contributed by atoms with Crippen LogP contribution in [0.3, 0.4) is 0 Å². The summed E-state index contributed by atoms with van der Waals surface area (Å²) in [6.07, 6.45) is 0.767. The molecule has 0 atom stereocenters. The average Bonchev–Trinajstić information content (AvgIpc) is 1.79. The third-order valence-corrected chi connectivity index (χ3v) is 13.4. The lowest BCUT2D eigenvalue weighted by molar-refractivity contribution is 0.0816. The molecule has 5 heteroatoms. The molecule has 2 N–H and O–H groups in total. The minimum Gasteiger partial charge on any atom is -0.411 e. The molecule has 1 heterocycles. The molecule has 12 heavy (non-hydrogen) atoms. The van der Waals surface area contributed by atoms with Crippen LogP contribution in [0, 0.1) is 0 Å². The summed E-state index contributed by atoms with van der Waals surface area (Å²) in [5.74, 6) is 0. The first-order valence-corrected chi connectivity index (χ1v) is 10.3. The van der Waals surface area contributed by atoms with Crippen molar-refractivity contribution >= 4 is 15.9 Å². The van der Waals surface area contributed by atoms with Gasteiger partial charge in [0.15, 0.2) is 0 Å². The average molecular weight is 206 g/mol. The van der Waals surface area contributed by atoms with Crippen molar-refractivity contribution in [1.82, 2.24) is 0 Å². The summed E-state index contributed by atoms with van der Waals surface area (Å²) in [5.41, 5.74) is -0.155. The Kier molecular flexibility index (Phi) is 2.29. The Labute approximate surface area is 75.5 Å². The van der Waals surface area contributed by atoms with Gasteiger partial charge < -0.3 is 14.0 Å². The van der Waals surface area contributed by atoms with Gasteiger partial charge in [-0.1, -0.05) is 0 Å². The van der Waals surface area contributed by atoms with Crippen molar-refractivity contribution in [3.8, 4) is 0 Å². The number of hydrogen-bond acceptors (Lipinski definition) is 3. The zero-order valence-electron chi connectivity index (χ0n) is 8.22. The van der Waals surface area contributed by atoms with E-state index in [1.807, 2.05) is 26.9 Å². The molecule has 1 saturated heterocycles. The zero-order chi connectivity index (χ0) is 9.62. The molecule has 1 fully saturated rings. The Bertz CT molecular complexity index is 189. The van der Waals surface area contributed by atoms with Gasteiger partial charge in [0.25, 0.3) is 0 Å². The Balaban J connectivity index is 2.82. The predicted octanol–water partition coefficient (Wildman–Crippen LogP) is 0.896. The van der Waals surface area contributed by atoms with Crippen LogP contribution in [0.15, 0.2) is 0 Å². The normalized spacial score (nSPS) is 31.5. The van der Waals surface area contributed by atoms with E-state index in [1.165, 1.54) is 0 Å². The highest BCUT2D eigenvalue weighted by Gasteiger charge is 2.56. The molecule has 1 aliphatic rings. The fourth-order valence-electron chi connectivity index (χ4n) is 1.60. The number of hydrogen-bond donors (Lipinski definition) is 2. The molecule has 0 aliphatic carbocycles. The van der Waals surface area contributed by atoms with Crippen molar-refractivity contribution in [2.24, 2.45) is 0 Å². The van der Waals surface area contributed by atoms with Crippen LogP contribution in [0.5, 0.6) is 0 Å². The lowest BCUT2D eigenvalue weighted by Crippen LogP contribution is -2.67. The first kappa shape index (κ1) is 10.4. The Morgan fingerprint density at radius 2 is 1.75 bits per heavy atom. The molecule has 0 amide bonds. The summed E-state index contributed by atoms with van der Waals surface area (Å²) in [7, 11) is -5.19. The van der Waals surface area contributed by atoms with Crippen LogP contribution >= 0.6 is 0 Å². The minimum atomic E-state index is -2.99. The molecule has 72 valence electrons. The van der Waals surface area contributed by atoms with Gasteiger partial charge >= 0.3 is 8.08 Å². The van der Waals surface area contributed by atoms with Crippen LogP contribution in [0.1, 0.15) is 20.3 Å². The van der Waals surface area contributed by atoms with Crippen LogP contribution in [0.4, 0.5) is 0 Å². The molecular formula is C7H18O3Si2. The van der Waals surface area contributed by atoms with Crippen molar-refractivity contribution in [2.45, 2.75) is 45.0 Å². The molecular weight excluding hydrogens is 188 g/mol. The smallest absolute Gasteiger partial charge is 0.343 e. The Morgan fingerprint density at radius 3 is 2.08 bits per heavy atom. The molecule has 0 spiro atoms. The summed E-state index contributed by atoms with van der Waals surface area (Å²) in [4.78, 5) is 19.5. The molecule has 0 bridgehead atoms. The van der Waals surface area contributed by atoms with E-state index in [0.717, 1.165) is 6.42 Å². The van der Waals surface area contributed by atoms with Crippen LogP contribution in [0.2, 0.25) is 19.1 Å². The summed E-state index contributed by atoms with van der Waals surface area (Å²) in [6, 6.07) is 0.569. The molecule has 0 saturated carbocycles. The standard InChI is InChI=1S/C7H18O3Si2/c1-7(2)5-6-12(8,9)11(3,4)10-7/h8-9H,5-6H2,1-4H3. The molecule has 1 rings (SSSR count). The fourth-order valence-corrected chi connectivity index (χ4v) is 8.30. The van der Waals surface area contributed by atoms with Crippen molar-refractivity contribution in [3.63, 3.8) is 0 Å². The quantitative estimate of drug-likeness (QED) is 0.579. The second-order valence-corrected chi connectivity index (χ2v) is 16.1. The summed E-state index contributed by atoms with van der Waals surface area (Å²) in [6.45, 7) is 7.84. The van der Waals surface area contributed by atoms with E-state index in [0.29, 0.717) is 6.04 Å². The summed E-state index contributed by atoms with van der Waals surface area (Å²) < 4.78 is 5.78. The van der Waals surface area contributed by atoms with E-state index >= 15 is 0 Å². The molecule has 0 aromatic carbocycles. The van der Waals surface area contributed by atoms with E-state index in [-0.39, 0.29) is 5.60 Å². The van der Waals surface area contributed by atoms with Gasteiger partial charge in [0, 0.05) is 0 Å². The highest BCUT2D eigenvalue weighted by atomic mass is 29.3. The molecule has 1 aliphatic heterocycles. The third kappa shape index (κ3) is 1.80. The van der Waals surface area contributed by atoms with E-state index in [4.69, 9.17) is 4.43 Å². The van der Waals surface area contributed by atoms with Gasteiger partial charge in [0.2, 0.25) is 7.83 Å². The van der Waals surface area contributed by atoms with E-state index in [1.54, 1.807) is 0 Å². The van der Waals surface area contributed by atoms with E-state index in [9.17, 15) is 9.59 Å². The lowest BCUT2D eigenvalue weighted by atomic mass is 10.1. The van der Waals surface area contributed by atoms with Crippen LogP contribution in [-0.4, -0.2) is 31.1 Å². The van der Waals surface area contributed by atoms with Gasteiger partial charge in [-0.2, -0.15) is 0 Å². The molecule has 0 unspecified atom stereocenters. The SMILES string of the molecule is CC1(C)CC[Si](O)(O)[Si](C)(C)O1. The van der Waals surface area contributed by atoms with Gasteiger partial charge in [-0.25, -0.2) is 0 Å². The summed E-state index contributed by atoms with van der Waals surface area (Å²) in [5, 5.41) is 0. The topological polar surface area (TPSA) is 49.7 Å². The third-order valence-electron chi connectivity index (χ3n) is 2.57. The Hall–Kier alpha value is 0.314. The predicted molar refractivity (Wildman–Crippen MR) is 52.3 cm³/mol. The minimum absolute atomic E-state index is 0.155. The first-order valence-electron chi connectivity index (χ1n) is 4.31. The van der Waals surface area contributed by atoms with Crippen LogP contribution < -0.4 is 0 Å². The highest BCUT2D eigenvalue weighted by Crippen LogP contribution is 2.35. The van der Waals surface area contributed by atoms with Crippen LogP contribution in [-0.2, 0) is 4.43 Å². The van der Waals surface area contributed by atoms with Gasteiger partial charge in [0.05, 0.1) is 5.60 Å². The van der Waals surface area contributed by atoms with Gasteiger partial charge in [-0.05, 0) is 39.4 Å². The second-order valence-electron chi connectivity index (χ2n) is 4.69. The monoisotopic (exact) mass is 206 g/mol. The molecule has 3 nitrogen and oxygen atoms in total. The second kappa shape index (κ2) is 2.65. The van der Waals surface area contributed by atoms with Crippen LogP contribution in [0.25, 0.3) is 0 Å². The van der Waals surface area contributed by atoms with Crippen molar-refractivity contribution in [3.05, 3.63) is 0 Å². The molecule has 0 aromatic rings. The zero-order valence-corrected chi connectivity index (χ0v) is 10.2. The van der Waals surface area contributed by atoms with E-state index in [2.05, 4.69) is 0 Å². The van der Waals surface area contributed by atoms with Gasteiger partial charge in [-0.3, -0.25) is 0 Å². The van der Waals surface area contributed by atoms with Crippen molar-refractivity contribution in [2.75, 3.05) is 0 Å². The maximum absolute atomic E-state index is 9.77. The van der Waals surface area contributed by atoms with E-state index < -0.39 is 15.9 Å². The highest BCUT2D eigenvalue weighted by molar-refractivity contribution is 7.33. The lowest BCUT2D eigenvalue weighted by Gasteiger charge is -2.45. The van der Waals surface area contributed by atoms with Crippen molar-refractivity contribution in [1.29, 1.82) is 0 Å². The van der Waals surface area contributed by atoms with Gasteiger partial charge in [-0.15, -0.1) is 0 Å². The summed E-state index contributed by atoms with van der Waals surface area (Å²) >= 11 is 0. The Morgan fingerprint density at radius 1 is 1.25 bits per heavy atom.